The van der Waals surface area contributed by atoms with Crippen molar-refractivity contribution in [2.45, 2.75) is 26.7 Å². The van der Waals surface area contributed by atoms with E-state index < -0.39 is 12.9 Å². The van der Waals surface area contributed by atoms with Crippen molar-refractivity contribution < 1.29 is 23.0 Å². The standard InChI is InChI=1S/C20H19BF2N2O2/c1-13-17(9-11-20(26)27)14(2)24-19(13)12-16-8-10-18(25(16)21(24,22)23)15-6-4-3-5-7-15/h3-8,10,12H,9,11H2,1-2H3,(H,26,27). The molecule has 2 aromatic rings. The number of allylic oxidation sites excluding steroid dienone is 2. The van der Waals surface area contributed by atoms with E-state index in [9.17, 15) is 4.79 Å². The Morgan fingerprint density at radius 2 is 1.89 bits per heavy atom. The van der Waals surface area contributed by atoms with Crippen LogP contribution in [0.2, 0.25) is 0 Å². The van der Waals surface area contributed by atoms with Crippen LogP contribution in [0.3, 0.4) is 0 Å². The molecule has 1 aromatic carbocycles. The fourth-order valence-electron chi connectivity index (χ4n) is 4.14. The topological polar surface area (TPSA) is 45.2 Å². The molecular weight excluding hydrogens is 349 g/mol. The van der Waals surface area contributed by atoms with Crippen LogP contribution in [0.1, 0.15) is 34.5 Å². The number of halogens is 2. The molecule has 3 heterocycles. The summed E-state index contributed by atoms with van der Waals surface area (Å²) in [4.78, 5) is 10.9. The smallest absolute Gasteiger partial charge is 0.481 e. The van der Waals surface area contributed by atoms with Crippen molar-refractivity contribution in [2.24, 2.45) is 0 Å². The van der Waals surface area contributed by atoms with Gasteiger partial charge in [0.15, 0.2) is 11.4 Å². The summed E-state index contributed by atoms with van der Waals surface area (Å²) in [5.41, 5.74) is 3.97. The maximum atomic E-state index is 15.7. The molecule has 0 bridgehead atoms. The van der Waals surface area contributed by atoms with Crippen LogP contribution < -0.4 is 0 Å². The number of aliphatic carboxylic acids is 1. The number of hydrogen-bond donors (Lipinski definition) is 1. The van der Waals surface area contributed by atoms with Gasteiger partial charge in [-0.25, -0.2) is 0 Å². The molecule has 4 rings (SSSR count). The maximum absolute atomic E-state index is 15.7. The van der Waals surface area contributed by atoms with E-state index >= 15 is 8.63 Å². The van der Waals surface area contributed by atoms with Gasteiger partial charge in [-0.15, -0.1) is 0 Å². The van der Waals surface area contributed by atoms with Gasteiger partial charge in [0.25, 0.3) is 0 Å². The second kappa shape index (κ2) is 6.04. The van der Waals surface area contributed by atoms with E-state index in [1.54, 1.807) is 32.1 Å². The summed E-state index contributed by atoms with van der Waals surface area (Å²) in [6, 6.07) is 9.14. The number of carboxylic acid groups (broad SMARTS) is 1. The summed E-state index contributed by atoms with van der Waals surface area (Å²) in [6.07, 6.45) is 5.36. The van der Waals surface area contributed by atoms with E-state index in [1.165, 1.54) is 0 Å². The largest absolute Gasteiger partial charge is 0.737 e. The lowest BCUT2D eigenvalue weighted by Gasteiger charge is -2.30. The Morgan fingerprint density at radius 3 is 2.56 bits per heavy atom. The van der Waals surface area contributed by atoms with Gasteiger partial charge in [-0.1, -0.05) is 18.2 Å². The molecule has 0 saturated heterocycles. The third-order valence-corrected chi connectivity index (χ3v) is 5.41. The van der Waals surface area contributed by atoms with Crippen LogP contribution in [0, 0.1) is 13.8 Å². The van der Waals surface area contributed by atoms with Crippen molar-refractivity contribution in [3.05, 3.63) is 76.3 Å². The number of rotatable bonds is 4. The molecule has 138 valence electrons. The molecule has 0 spiro atoms. The first-order chi connectivity index (χ1) is 12.8. The Bertz CT molecular complexity index is 1050. The summed E-state index contributed by atoms with van der Waals surface area (Å²) < 4.78 is 33.5. The van der Waals surface area contributed by atoms with Crippen molar-refractivity contribution >= 4 is 24.7 Å². The molecule has 0 unspecified atom stereocenters. The Balaban J connectivity index is 1.91. The zero-order valence-corrected chi connectivity index (χ0v) is 15.1. The minimum Gasteiger partial charge on any atom is -0.481 e. The molecule has 0 fully saturated rings. The first kappa shape index (κ1) is 17.5. The number of benzene rings is 1. The molecule has 0 radical (unpaired) electrons. The molecule has 1 N–H and O–H groups in total. The summed E-state index contributed by atoms with van der Waals surface area (Å²) in [5, 5.41) is 8.97. The molecule has 4 nitrogen and oxygen atoms in total. The number of fused-ring (bicyclic) bond motifs is 2. The van der Waals surface area contributed by atoms with E-state index in [1.807, 2.05) is 30.3 Å². The third-order valence-electron chi connectivity index (χ3n) is 5.41. The molecule has 1 aromatic heterocycles. The van der Waals surface area contributed by atoms with Gasteiger partial charge in [-0.2, -0.15) is 0 Å². The van der Waals surface area contributed by atoms with Crippen LogP contribution >= 0.6 is 0 Å². The fraction of sp³-hybridized carbons (Fsp3) is 0.200. The first-order valence-electron chi connectivity index (χ1n) is 8.88. The zero-order chi connectivity index (χ0) is 19.3. The van der Waals surface area contributed by atoms with Gasteiger partial charge in [0, 0.05) is 35.9 Å². The monoisotopic (exact) mass is 368 g/mol. The molecule has 0 saturated carbocycles. The van der Waals surface area contributed by atoms with Gasteiger partial charge in [0.2, 0.25) is 0 Å². The van der Waals surface area contributed by atoms with Crippen LogP contribution in [-0.4, -0.2) is 32.7 Å². The Morgan fingerprint density at radius 1 is 1.19 bits per heavy atom. The zero-order valence-electron chi connectivity index (χ0n) is 15.1. The lowest BCUT2D eigenvalue weighted by atomic mass is 9.90. The second-order valence-electron chi connectivity index (χ2n) is 6.95. The molecule has 2 aliphatic rings. The van der Waals surface area contributed by atoms with Crippen molar-refractivity contribution in [2.75, 3.05) is 0 Å². The first-order valence-corrected chi connectivity index (χ1v) is 8.88. The number of carbonyl (C=O) groups is 1. The Hall–Kier alpha value is -2.96. The number of aromatic nitrogens is 1. The average molecular weight is 368 g/mol. The molecule has 27 heavy (non-hydrogen) atoms. The van der Waals surface area contributed by atoms with Crippen LogP contribution in [0.4, 0.5) is 8.63 Å². The average Bonchev–Trinajstić information content (AvgIpc) is 3.15. The predicted molar refractivity (Wildman–Crippen MR) is 101 cm³/mol. The fourth-order valence-corrected chi connectivity index (χ4v) is 4.14. The highest BCUT2D eigenvalue weighted by Crippen LogP contribution is 2.37. The van der Waals surface area contributed by atoms with Gasteiger partial charge in [0.1, 0.15) is 0 Å². The quantitative estimate of drug-likeness (QED) is 0.836. The Kier molecular flexibility index (Phi) is 3.91. The summed E-state index contributed by atoms with van der Waals surface area (Å²) in [5.74, 6) is -0.933. The highest BCUT2D eigenvalue weighted by Gasteiger charge is 2.53. The highest BCUT2D eigenvalue weighted by atomic mass is 19.2. The van der Waals surface area contributed by atoms with E-state index in [2.05, 4.69) is 0 Å². The maximum Gasteiger partial charge on any atom is 0.737 e. The van der Waals surface area contributed by atoms with Gasteiger partial charge in [-0.05, 0) is 49.2 Å². The molecular formula is C20H19BF2N2O2. The number of nitrogens with zero attached hydrogens (tertiary/aromatic N) is 2. The minimum atomic E-state index is -4.09. The molecule has 0 aliphatic carbocycles. The minimum absolute atomic E-state index is 0.0781. The van der Waals surface area contributed by atoms with Gasteiger partial charge in [-0.3, -0.25) is 4.79 Å². The van der Waals surface area contributed by atoms with Crippen LogP contribution in [0.25, 0.3) is 6.08 Å². The number of hydrogen-bond acceptors (Lipinski definition) is 1. The number of carboxylic acids is 1. The van der Waals surface area contributed by atoms with Crippen molar-refractivity contribution in [1.29, 1.82) is 0 Å². The van der Waals surface area contributed by atoms with Crippen LogP contribution in [0.15, 0.2) is 48.2 Å². The van der Waals surface area contributed by atoms with Crippen LogP contribution in [0.5, 0.6) is 0 Å². The molecule has 7 heteroatoms. The summed E-state index contributed by atoms with van der Waals surface area (Å²) in [7, 11) is 0. The lowest BCUT2D eigenvalue weighted by Crippen LogP contribution is -2.50. The van der Waals surface area contributed by atoms with E-state index in [0.717, 1.165) is 20.1 Å². The molecule has 0 atom stereocenters. The summed E-state index contributed by atoms with van der Waals surface area (Å²) >= 11 is 0. The van der Waals surface area contributed by atoms with Crippen molar-refractivity contribution in [3.63, 3.8) is 0 Å². The molecule has 0 amide bonds. The second-order valence-corrected chi connectivity index (χ2v) is 6.95. The van der Waals surface area contributed by atoms with E-state index in [-0.39, 0.29) is 12.8 Å². The lowest BCUT2D eigenvalue weighted by molar-refractivity contribution is -0.360. The SMILES string of the molecule is Cc1c(CCC(=O)O)c(C)n2c1C=C1C=CC(c3ccccc3)=[N+]1[B-]2(F)F. The van der Waals surface area contributed by atoms with Gasteiger partial charge >= 0.3 is 12.9 Å². The van der Waals surface area contributed by atoms with E-state index in [0.29, 0.717) is 28.4 Å². The van der Waals surface area contributed by atoms with Crippen LogP contribution in [-0.2, 0) is 11.2 Å². The highest BCUT2D eigenvalue weighted by molar-refractivity contribution is 6.58. The van der Waals surface area contributed by atoms with Gasteiger partial charge in [0.05, 0.1) is 0 Å². The predicted octanol–water partition coefficient (Wildman–Crippen LogP) is 3.77. The van der Waals surface area contributed by atoms with Crippen molar-refractivity contribution in [3.8, 4) is 0 Å². The normalized spacial score (nSPS) is 17.0. The van der Waals surface area contributed by atoms with Gasteiger partial charge < -0.3 is 22.7 Å². The Labute approximate surface area is 155 Å². The third kappa shape index (κ3) is 2.57. The molecule has 2 aliphatic heterocycles. The van der Waals surface area contributed by atoms with E-state index in [4.69, 9.17) is 5.11 Å². The summed E-state index contributed by atoms with van der Waals surface area (Å²) in [6.45, 7) is -0.653. The van der Waals surface area contributed by atoms with Crippen molar-refractivity contribution in [1.82, 2.24) is 4.48 Å².